The van der Waals surface area contributed by atoms with E-state index in [1.54, 1.807) is 18.8 Å². The molecular weight excluding hydrogens is 338 g/mol. The van der Waals surface area contributed by atoms with Crippen LogP contribution < -0.4 is 5.90 Å². The van der Waals surface area contributed by atoms with Crippen molar-refractivity contribution in [1.29, 1.82) is 0 Å². The van der Waals surface area contributed by atoms with Gasteiger partial charge < -0.3 is 9.94 Å². The molecule has 0 aromatic carbocycles. The first-order chi connectivity index (χ1) is 12.7. The van der Waals surface area contributed by atoms with Crippen molar-refractivity contribution in [3.8, 4) is 0 Å². The topological polar surface area (TPSA) is 72.5 Å². The summed E-state index contributed by atoms with van der Waals surface area (Å²) in [5.41, 5.74) is 1.59. The van der Waals surface area contributed by atoms with Crippen molar-refractivity contribution in [2.45, 2.75) is 78.2 Å². The summed E-state index contributed by atoms with van der Waals surface area (Å²) < 4.78 is 0. The van der Waals surface area contributed by atoms with Crippen LogP contribution in [0.4, 0.5) is 0 Å². The van der Waals surface area contributed by atoms with Crippen molar-refractivity contribution in [3.63, 3.8) is 0 Å². The molecule has 4 aliphatic carbocycles. The van der Waals surface area contributed by atoms with Crippen molar-refractivity contribution in [2.75, 3.05) is 0 Å². The molecule has 150 valence electrons. The summed E-state index contributed by atoms with van der Waals surface area (Å²) in [7, 11) is 0. The summed E-state index contributed by atoms with van der Waals surface area (Å²) in [4.78, 5) is 17.1. The standard InChI is InChI=1S/C23H35NO3/c1-14-11-17-18(21(3)8-5-16(13-27-24)12-20(14)21)6-9-22(4)19(17)7-10-23(22,26)15(2)25/h12-14,17-19,26H,5-11,24H2,1-4H3/b16-13+/t14-,17+,18-,19-,21+,22-,23-/m0/s1. The first-order valence-corrected chi connectivity index (χ1v) is 10.7. The Kier molecular flexibility index (Phi) is 4.40. The van der Waals surface area contributed by atoms with Gasteiger partial charge in [-0.1, -0.05) is 32.4 Å². The SMILES string of the molecule is CC(=O)[C@@]1(O)CC[C@H]2[C@@H]3C[C@H](C)C4=C/C(=C/ON)CC[C@]4(C)[C@H]3CC[C@@]21C. The molecule has 4 nitrogen and oxygen atoms in total. The lowest BCUT2D eigenvalue weighted by Crippen LogP contribution is -2.57. The van der Waals surface area contributed by atoms with Gasteiger partial charge >= 0.3 is 0 Å². The van der Waals surface area contributed by atoms with E-state index in [9.17, 15) is 9.90 Å². The maximum absolute atomic E-state index is 12.4. The monoisotopic (exact) mass is 373 g/mol. The van der Waals surface area contributed by atoms with Gasteiger partial charge in [0.1, 0.15) is 11.9 Å². The van der Waals surface area contributed by atoms with E-state index in [4.69, 9.17) is 10.7 Å². The Bertz CT molecular complexity index is 712. The summed E-state index contributed by atoms with van der Waals surface area (Å²) >= 11 is 0. The molecule has 3 saturated carbocycles. The number of rotatable bonds is 2. The van der Waals surface area contributed by atoms with E-state index in [1.807, 2.05) is 0 Å². The molecule has 4 aliphatic rings. The molecule has 0 heterocycles. The number of allylic oxidation sites excluding steroid dienone is 3. The third kappa shape index (κ3) is 2.45. The van der Waals surface area contributed by atoms with Crippen LogP contribution in [0, 0.1) is 34.5 Å². The molecule has 0 spiro atoms. The Morgan fingerprint density at radius 3 is 2.63 bits per heavy atom. The molecule has 0 saturated heterocycles. The van der Waals surface area contributed by atoms with Crippen molar-refractivity contribution >= 4 is 5.78 Å². The Balaban J connectivity index is 1.70. The Hall–Kier alpha value is -1.13. The number of fused-ring (bicyclic) bond motifs is 5. The molecule has 7 atom stereocenters. The fourth-order valence-corrected chi connectivity index (χ4v) is 7.81. The summed E-state index contributed by atoms with van der Waals surface area (Å²) in [6, 6.07) is 0. The van der Waals surface area contributed by atoms with E-state index >= 15 is 0 Å². The van der Waals surface area contributed by atoms with Crippen LogP contribution >= 0.6 is 0 Å². The highest BCUT2D eigenvalue weighted by Gasteiger charge is 2.65. The molecule has 3 N–H and O–H groups in total. The third-order valence-corrected chi connectivity index (χ3v) is 9.30. The number of carbonyl (C=O) groups excluding carboxylic acids is 1. The molecule has 4 rings (SSSR count). The van der Waals surface area contributed by atoms with Gasteiger partial charge in [-0.3, -0.25) is 4.79 Å². The molecule has 3 fully saturated rings. The van der Waals surface area contributed by atoms with Crippen molar-refractivity contribution in [2.24, 2.45) is 40.4 Å². The van der Waals surface area contributed by atoms with Crippen LogP contribution in [0.25, 0.3) is 0 Å². The van der Waals surface area contributed by atoms with Crippen molar-refractivity contribution in [1.82, 2.24) is 0 Å². The number of nitrogens with two attached hydrogens (primary N) is 1. The van der Waals surface area contributed by atoms with Gasteiger partial charge in [-0.25, -0.2) is 0 Å². The molecule has 0 aromatic rings. The van der Waals surface area contributed by atoms with Crippen molar-refractivity contribution < 1.29 is 14.7 Å². The Labute approximate surface area is 163 Å². The number of ketones is 1. The molecule has 0 radical (unpaired) electrons. The second-order valence-electron chi connectivity index (χ2n) is 10.3. The summed E-state index contributed by atoms with van der Waals surface area (Å²) in [6.45, 7) is 8.59. The summed E-state index contributed by atoms with van der Waals surface area (Å²) in [5.74, 6) is 7.46. The fraction of sp³-hybridized carbons (Fsp3) is 0.783. The van der Waals surface area contributed by atoms with Crippen LogP contribution in [0.15, 0.2) is 23.5 Å². The van der Waals surface area contributed by atoms with Gasteiger partial charge in [0.2, 0.25) is 0 Å². The maximum Gasteiger partial charge on any atom is 0.161 e. The molecule has 0 bridgehead atoms. The lowest BCUT2D eigenvalue weighted by Gasteiger charge is -2.60. The van der Waals surface area contributed by atoms with Crippen LogP contribution in [0.3, 0.4) is 0 Å². The summed E-state index contributed by atoms with van der Waals surface area (Å²) in [6.07, 6.45) is 11.0. The molecule has 0 aliphatic heterocycles. The highest BCUT2D eigenvalue weighted by atomic mass is 16.6. The largest absolute Gasteiger partial charge is 0.419 e. The van der Waals surface area contributed by atoms with Gasteiger partial charge in [-0.15, -0.1) is 0 Å². The number of Topliss-reactive ketones (excluding diaryl/α,β-unsaturated/α-hetero) is 1. The zero-order valence-electron chi connectivity index (χ0n) is 17.3. The minimum Gasteiger partial charge on any atom is -0.419 e. The zero-order valence-corrected chi connectivity index (χ0v) is 17.3. The minimum atomic E-state index is -1.12. The molecule has 0 amide bonds. The second-order valence-corrected chi connectivity index (χ2v) is 10.3. The zero-order chi connectivity index (χ0) is 19.6. The first kappa shape index (κ1) is 19.2. The predicted molar refractivity (Wildman–Crippen MR) is 105 cm³/mol. The van der Waals surface area contributed by atoms with Crippen LogP contribution in [-0.4, -0.2) is 16.5 Å². The van der Waals surface area contributed by atoms with E-state index in [-0.39, 0.29) is 16.6 Å². The van der Waals surface area contributed by atoms with Crippen LogP contribution in [0.2, 0.25) is 0 Å². The highest BCUT2D eigenvalue weighted by molar-refractivity contribution is 5.86. The molecule has 0 aromatic heterocycles. The average molecular weight is 374 g/mol. The van der Waals surface area contributed by atoms with Gasteiger partial charge in [0.05, 0.1) is 0 Å². The minimum absolute atomic E-state index is 0.0316. The van der Waals surface area contributed by atoms with Crippen LogP contribution in [0.1, 0.15) is 72.6 Å². The van der Waals surface area contributed by atoms with Gasteiger partial charge in [0.15, 0.2) is 5.78 Å². The van der Waals surface area contributed by atoms with E-state index in [0.29, 0.717) is 30.1 Å². The smallest absolute Gasteiger partial charge is 0.161 e. The fourth-order valence-electron chi connectivity index (χ4n) is 7.81. The maximum atomic E-state index is 12.4. The number of carbonyl (C=O) groups is 1. The normalized spacial score (nSPS) is 50.4. The number of hydrogen-bond acceptors (Lipinski definition) is 4. The van der Waals surface area contributed by atoms with Gasteiger partial charge in [-0.05, 0) is 86.5 Å². The van der Waals surface area contributed by atoms with Crippen LogP contribution in [-0.2, 0) is 9.63 Å². The van der Waals surface area contributed by atoms with E-state index in [0.717, 1.165) is 38.5 Å². The molecular formula is C23H35NO3. The second kappa shape index (κ2) is 6.18. The highest BCUT2D eigenvalue weighted by Crippen LogP contribution is 2.68. The van der Waals surface area contributed by atoms with Crippen molar-refractivity contribution in [3.05, 3.63) is 23.5 Å². The van der Waals surface area contributed by atoms with E-state index < -0.39 is 5.60 Å². The lowest BCUT2D eigenvalue weighted by atomic mass is 9.44. The number of hydrogen-bond donors (Lipinski definition) is 2. The van der Waals surface area contributed by atoms with E-state index in [1.165, 1.54) is 5.57 Å². The number of aliphatic hydroxyl groups is 1. The summed E-state index contributed by atoms with van der Waals surface area (Å²) in [5, 5.41) is 11.3. The Morgan fingerprint density at radius 2 is 1.96 bits per heavy atom. The quantitative estimate of drug-likeness (QED) is 0.559. The first-order valence-electron chi connectivity index (χ1n) is 10.7. The van der Waals surface area contributed by atoms with Gasteiger partial charge in [-0.2, -0.15) is 5.90 Å². The molecule has 4 heteroatoms. The van der Waals surface area contributed by atoms with E-state index in [2.05, 4.69) is 26.8 Å². The van der Waals surface area contributed by atoms with Crippen LogP contribution in [0.5, 0.6) is 0 Å². The lowest BCUT2D eigenvalue weighted by molar-refractivity contribution is -0.160. The third-order valence-electron chi connectivity index (χ3n) is 9.30. The Morgan fingerprint density at radius 1 is 1.26 bits per heavy atom. The van der Waals surface area contributed by atoms with Gasteiger partial charge in [0.25, 0.3) is 0 Å². The molecule has 0 unspecified atom stereocenters. The average Bonchev–Trinajstić information content (AvgIpc) is 2.89. The molecule has 27 heavy (non-hydrogen) atoms. The predicted octanol–water partition coefficient (Wildman–Crippen LogP) is 4.29. The van der Waals surface area contributed by atoms with Gasteiger partial charge in [0, 0.05) is 5.41 Å².